The van der Waals surface area contributed by atoms with Gasteiger partial charge >= 0.3 is 0 Å². The van der Waals surface area contributed by atoms with E-state index in [4.69, 9.17) is 9.26 Å². The summed E-state index contributed by atoms with van der Waals surface area (Å²) in [5.74, 6) is 2.64. The number of hydrogen-bond donors (Lipinski definition) is 2. The Balaban J connectivity index is 1.92. The van der Waals surface area contributed by atoms with Gasteiger partial charge in [-0.05, 0) is 24.1 Å². The van der Waals surface area contributed by atoms with E-state index < -0.39 is 0 Å². The fourth-order valence-electron chi connectivity index (χ4n) is 2.14. The van der Waals surface area contributed by atoms with Crippen LogP contribution in [-0.4, -0.2) is 25.3 Å². The van der Waals surface area contributed by atoms with Gasteiger partial charge in [0.1, 0.15) is 5.75 Å². The van der Waals surface area contributed by atoms with Gasteiger partial charge in [-0.2, -0.15) is 0 Å². The smallest absolute Gasteiger partial charge is 0.191 e. The summed E-state index contributed by atoms with van der Waals surface area (Å²) in [6.45, 7) is 5.28. The highest BCUT2D eigenvalue weighted by Crippen LogP contribution is 2.22. The van der Waals surface area contributed by atoms with E-state index in [0.717, 1.165) is 27.2 Å². The lowest BCUT2D eigenvalue weighted by Gasteiger charge is -2.13. The number of methoxy groups -OCH3 is 1. The van der Waals surface area contributed by atoms with Crippen molar-refractivity contribution in [1.29, 1.82) is 0 Å². The molecule has 7 heteroatoms. The van der Waals surface area contributed by atoms with Crippen molar-refractivity contribution in [1.82, 2.24) is 15.8 Å². The standard InChI is InChI=1S/C17H23BrN4O2/c1-11(2)15-8-14(24-22-15)10-21-17(19-3)20-9-12-7-13(18)5-6-16(12)23-4/h5-8,11H,9-10H2,1-4H3,(H2,19,20,21). The molecule has 0 fully saturated rings. The molecule has 0 saturated carbocycles. The number of rotatable bonds is 6. The quantitative estimate of drug-likeness (QED) is 0.579. The van der Waals surface area contributed by atoms with E-state index in [0.29, 0.717) is 25.0 Å². The molecule has 1 aromatic carbocycles. The van der Waals surface area contributed by atoms with E-state index in [1.807, 2.05) is 24.3 Å². The van der Waals surface area contributed by atoms with Crippen molar-refractivity contribution in [2.24, 2.45) is 4.99 Å². The Kier molecular flexibility index (Phi) is 6.66. The first-order valence-electron chi connectivity index (χ1n) is 7.76. The van der Waals surface area contributed by atoms with E-state index in [1.165, 1.54) is 0 Å². The minimum absolute atomic E-state index is 0.351. The average Bonchev–Trinajstić information content (AvgIpc) is 3.04. The van der Waals surface area contributed by atoms with Crippen molar-refractivity contribution in [3.05, 3.63) is 45.8 Å². The van der Waals surface area contributed by atoms with Crippen LogP contribution in [-0.2, 0) is 13.1 Å². The lowest BCUT2D eigenvalue weighted by atomic mass is 10.1. The Bertz CT molecular complexity index is 698. The molecule has 2 N–H and O–H groups in total. The molecule has 0 spiro atoms. The molecule has 0 amide bonds. The Hall–Kier alpha value is -2.02. The molecule has 2 rings (SSSR count). The fraction of sp³-hybridized carbons (Fsp3) is 0.412. The van der Waals surface area contributed by atoms with Gasteiger partial charge in [-0.1, -0.05) is 34.9 Å². The zero-order valence-electron chi connectivity index (χ0n) is 14.4. The van der Waals surface area contributed by atoms with Gasteiger partial charge in [0, 0.05) is 29.7 Å². The first kappa shape index (κ1) is 18.3. The van der Waals surface area contributed by atoms with Crippen LogP contribution in [0, 0.1) is 0 Å². The van der Waals surface area contributed by atoms with Gasteiger partial charge < -0.3 is 19.9 Å². The predicted molar refractivity (Wildman–Crippen MR) is 98.3 cm³/mol. The first-order valence-corrected chi connectivity index (χ1v) is 8.55. The largest absolute Gasteiger partial charge is 0.496 e. The lowest BCUT2D eigenvalue weighted by Crippen LogP contribution is -2.36. The number of nitrogens with one attached hydrogen (secondary N) is 2. The summed E-state index contributed by atoms with van der Waals surface area (Å²) >= 11 is 3.48. The molecule has 1 heterocycles. The van der Waals surface area contributed by atoms with Gasteiger partial charge in [-0.25, -0.2) is 0 Å². The molecule has 0 aliphatic heterocycles. The molecule has 0 aliphatic carbocycles. The second-order valence-electron chi connectivity index (χ2n) is 5.61. The summed E-state index contributed by atoms with van der Waals surface area (Å²) in [5.41, 5.74) is 1.99. The maximum Gasteiger partial charge on any atom is 0.191 e. The molecular weight excluding hydrogens is 372 g/mol. The van der Waals surface area contributed by atoms with Gasteiger partial charge in [-0.3, -0.25) is 4.99 Å². The van der Waals surface area contributed by atoms with Crippen LogP contribution in [0.1, 0.15) is 36.8 Å². The van der Waals surface area contributed by atoms with Crippen LogP contribution in [0.25, 0.3) is 0 Å². The van der Waals surface area contributed by atoms with Crippen LogP contribution in [0.4, 0.5) is 0 Å². The van der Waals surface area contributed by atoms with Gasteiger partial charge in [0.25, 0.3) is 0 Å². The van der Waals surface area contributed by atoms with Crippen LogP contribution in [0.3, 0.4) is 0 Å². The molecule has 0 saturated heterocycles. The molecular formula is C17H23BrN4O2. The number of benzene rings is 1. The van der Waals surface area contributed by atoms with Crippen LogP contribution in [0.2, 0.25) is 0 Å². The third kappa shape index (κ3) is 4.99. The Morgan fingerprint density at radius 2 is 2.04 bits per heavy atom. The van der Waals surface area contributed by atoms with Gasteiger partial charge in [0.2, 0.25) is 0 Å². The van der Waals surface area contributed by atoms with Crippen LogP contribution >= 0.6 is 15.9 Å². The van der Waals surface area contributed by atoms with E-state index in [-0.39, 0.29) is 0 Å². The van der Waals surface area contributed by atoms with Crippen LogP contribution in [0.15, 0.2) is 38.3 Å². The molecule has 24 heavy (non-hydrogen) atoms. The summed E-state index contributed by atoms with van der Waals surface area (Å²) < 4.78 is 11.7. The molecule has 0 atom stereocenters. The predicted octanol–water partition coefficient (Wildman–Crippen LogP) is 3.43. The maximum absolute atomic E-state index is 5.38. The Morgan fingerprint density at radius 3 is 2.67 bits per heavy atom. The number of aliphatic imine (C=N–C) groups is 1. The normalized spacial score (nSPS) is 11.7. The SMILES string of the molecule is CN=C(NCc1cc(C(C)C)no1)NCc1cc(Br)ccc1OC. The van der Waals surface area contributed by atoms with Crippen molar-refractivity contribution in [2.75, 3.05) is 14.2 Å². The highest BCUT2D eigenvalue weighted by Gasteiger charge is 2.09. The lowest BCUT2D eigenvalue weighted by molar-refractivity contribution is 0.372. The third-order valence-electron chi connectivity index (χ3n) is 3.51. The second-order valence-corrected chi connectivity index (χ2v) is 6.52. The number of hydrogen-bond acceptors (Lipinski definition) is 4. The zero-order valence-corrected chi connectivity index (χ0v) is 16.0. The number of aromatic nitrogens is 1. The minimum atomic E-state index is 0.351. The van der Waals surface area contributed by atoms with E-state index in [9.17, 15) is 0 Å². The average molecular weight is 395 g/mol. The highest BCUT2D eigenvalue weighted by molar-refractivity contribution is 9.10. The van der Waals surface area contributed by atoms with E-state index in [2.05, 4.69) is 50.6 Å². The number of nitrogens with zero attached hydrogens (tertiary/aromatic N) is 2. The summed E-state index contributed by atoms with van der Waals surface area (Å²) in [5, 5.41) is 10.5. The number of halogens is 1. The molecule has 130 valence electrons. The second kappa shape index (κ2) is 8.73. The molecule has 0 bridgehead atoms. The van der Waals surface area contributed by atoms with Crippen molar-refractivity contribution < 1.29 is 9.26 Å². The van der Waals surface area contributed by atoms with Crippen molar-refractivity contribution in [3.8, 4) is 5.75 Å². The minimum Gasteiger partial charge on any atom is -0.496 e. The van der Waals surface area contributed by atoms with E-state index >= 15 is 0 Å². The van der Waals surface area contributed by atoms with Crippen molar-refractivity contribution >= 4 is 21.9 Å². The number of ether oxygens (including phenoxy) is 1. The van der Waals surface area contributed by atoms with Gasteiger partial charge in [0.05, 0.1) is 19.3 Å². The maximum atomic E-state index is 5.38. The molecule has 1 aromatic heterocycles. The summed E-state index contributed by atoms with van der Waals surface area (Å²) in [7, 11) is 3.39. The van der Waals surface area contributed by atoms with Crippen molar-refractivity contribution in [2.45, 2.75) is 32.9 Å². The molecule has 2 aromatic rings. The number of guanidine groups is 1. The molecule has 6 nitrogen and oxygen atoms in total. The topological polar surface area (TPSA) is 71.7 Å². The van der Waals surface area contributed by atoms with Crippen molar-refractivity contribution in [3.63, 3.8) is 0 Å². The molecule has 0 unspecified atom stereocenters. The zero-order chi connectivity index (χ0) is 17.5. The van der Waals surface area contributed by atoms with Crippen LogP contribution < -0.4 is 15.4 Å². The summed E-state index contributed by atoms with van der Waals surface area (Å²) in [6.07, 6.45) is 0. The fourth-order valence-corrected chi connectivity index (χ4v) is 2.55. The Labute approximate surface area is 150 Å². The first-order chi connectivity index (χ1) is 11.5. The van der Waals surface area contributed by atoms with E-state index in [1.54, 1.807) is 14.2 Å². The third-order valence-corrected chi connectivity index (χ3v) is 4.00. The van der Waals surface area contributed by atoms with Gasteiger partial charge in [-0.15, -0.1) is 0 Å². The van der Waals surface area contributed by atoms with Gasteiger partial charge in [0.15, 0.2) is 11.7 Å². The highest BCUT2D eigenvalue weighted by atomic mass is 79.9. The van der Waals surface area contributed by atoms with Crippen LogP contribution in [0.5, 0.6) is 5.75 Å². The molecule has 0 radical (unpaired) electrons. The Morgan fingerprint density at radius 1 is 1.29 bits per heavy atom. The summed E-state index contributed by atoms with van der Waals surface area (Å²) in [6, 6.07) is 7.86. The monoisotopic (exact) mass is 394 g/mol. The molecule has 0 aliphatic rings. The summed E-state index contributed by atoms with van der Waals surface area (Å²) in [4.78, 5) is 4.22.